The normalized spacial score (nSPS) is 17.8. The first-order valence-electron chi connectivity index (χ1n) is 8.40. The molecule has 1 saturated heterocycles. The number of amides is 3. The molecule has 1 unspecified atom stereocenters. The second-order valence-corrected chi connectivity index (χ2v) is 6.91. The maximum Gasteiger partial charge on any atom is 0.319 e. The van der Waals surface area contributed by atoms with Crippen molar-refractivity contribution in [2.75, 3.05) is 35.8 Å². The predicted molar refractivity (Wildman–Crippen MR) is 102 cm³/mol. The van der Waals surface area contributed by atoms with Crippen LogP contribution in [0.3, 0.4) is 0 Å². The number of nitrogens with two attached hydrogens (primary N) is 1. The van der Waals surface area contributed by atoms with Gasteiger partial charge in [-0.1, -0.05) is 0 Å². The number of thioether (sulfide) groups is 1. The highest BCUT2D eigenvalue weighted by Crippen LogP contribution is 2.14. The summed E-state index contributed by atoms with van der Waals surface area (Å²) in [5.41, 5.74) is 7.13. The van der Waals surface area contributed by atoms with Crippen LogP contribution in [0.4, 0.5) is 16.2 Å². The molecule has 5 N–H and O–H groups in total. The second kappa shape index (κ2) is 10.3. The van der Waals surface area contributed by atoms with Crippen molar-refractivity contribution >= 4 is 35.1 Å². The number of hydrogen-bond acceptors (Lipinski definition) is 5. The lowest BCUT2D eigenvalue weighted by molar-refractivity contribution is -0.117. The maximum absolute atomic E-state index is 12.0. The first-order valence-corrected chi connectivity index (χ1v) is 9.80. The third-order valence-corrected chi connectivity index (χ3v) is 4.54. The number of nitrogens with one attached hydrogen (secondary N) is 3. The van der Waals surface area contributed by atoms with E-state index in [1.807, 2.05) is 6.26 Å². The highest BCUT2D eigenvalue weighted by Gasteiger charge is 2.16. The molecule has 1 fully saturated rings. The fraction of sp³-hybridized carbons (Fsp3) is 0.529. The molecule has 0 bridgehead atoms. The highest BCUT2D eigenvalue weighted by molar-refractivity contribution is 7.98. The second-order valence-electron chi connectivity index (χ2n) is 5.92. The van der Waals surface area contributed by atoms with Gasteiger partial charge in [-0.2, -0.15) is 11.8 Å². The van der Waals surface area contributed by atoms with Gasteiger partial charge in [0, 0.05) is 24.5 Å². The number of anilines is 2. The molecule has 1 aromatic carbocycles. The Labute approximate surface area is 152 Å². The van der Waals surface area contributed by atoms with Gasteiger partial charge >= 0.3 is 6.03 Å². The molecule has 2 rings (SSSR count). The fourth-order valence-electron chi connectivity index (χ4n) is 2.43. The Morgan fingerprint density at radius 2 is 1.96 bits per heavy atom. The summed E-state index contributed by atoms with van der Waals surface area (Å²) >= 11 is 1.66. The van der Waals surface area contributed by atoms with E-state index in [4.69, 9.17) is 10.5 Å². The van der Waals surface area contributed by atoms with Gasteiger partial charge in [0.2, 0.25) is 5.91 Å². The van der Waals surface area contributed by atoms with Crippen molar-refractivity contribution in [1.29, 1.82) is 0 Å². The monoisotopic (exact) mass is 366 g/mol. The summed E-state index contributed by atoms with van der Waals surface area (Å²) in [6.07, 6.45) is 4.75. The molecule has 7 nitrogen and oxygen atoms in total. The Hall–Kier alpha value is -1.77. The molecule has 0 spiro atoms. The molecule has 2 atom stereocenters. The van der Waals surface area contributed by atoms with Crippen molar-refractivity contribution in [2.45, 2.75) is 31.4 Å². The average Bonchev–Trinajstić information content (AvgIpc) is 3.13. The van der Waals surface area contributed by atoms with Gasteiger partial charge in [-0.05, 0) is 55.5 Å². The van der Waals surface area contributed by atoms with Crippen molar-refractivity contribution in [3.63, 3.8) is 0 Å². The van der Waals surface area contributed by atoms with E-state index in [2.05, 4.69) is 16.0 Å². The number of rotatable bonds is 8. The largest absolute Gasteiger partial charge is 0.376 e. The van der Waals surface area contributed by atoms with Crippen LogP contribution in [0, 0.1) is 0 Å². The first-order chi connectivity index (χ1) is 12.1. The summed E-state index contributed by atoms with van der Waals surface area (Å²) in [4.78, 5) is 23.8. The van der Waals surface area contributed by atoms with E-state index >= 15 is 0 Å². The van der Waals surface area contributed by atoms with E-state index in [0.29, 0.717) is 24.3 Å². The molecule has 0 aromatic heterocycles. The Morgan fingerprint density at radius 1 is 1.28 bits per heavy atom. The van der Waals surface area contributed by atoms with Crippen LogP contribution in [-0.4, -0.2) is 49.2 Å². The molecule has 138 valence electrons. The van der Waals surface area contributed by atoms with Gasteiger partial charge in [-0.3, -0.25) is 4.79 Å². The van der Waals surface area contributed by atoms with E-state index in [0.717, 1.165) is 25.2 Å². The summed E-state index contributed by atoms with van der Waals surface area (Å²) < 4.78 is 5.46. The van der Waals surface area contributed by atoms with Crippen molar-refractivity contribution in [3.8, 4) is 0 Å². The minimum Gasteiger partial charge on any atom is -0.376 e. The molecule has 0 aliphatic carbocycles. The van der Waals surface area contributed by atoms with E-state index in [-0.39, 0.29) is 18.0 Å². The standard InChI is InChI=1S/C17H26N4O3S/c1-25-10-8-15(18)16(22)20-12-4-6-13(7-5-12)21-17(23)19-11-14-3-2-9-24-14/h4-7,14-15H,2-3,8-11,18H2,1H3,(H,20,22)(H2,19,21,23)/t14?,15-/m0/s1. The lowest BCUT2D eigenvalue weighted by Gasteiger charge is -2.13. The lowest BCUT2D eigenvalue weighted by atomic mass is 10.2. The fourth-order valence-corrected chi connectivity index (χ4v) is 2.92. The third-order valence-electron chi connectivity index (χ3n) is 3.89. The highest BCUT2D eigenvalue weighted by atomic mass is 32.2. The van der Waals surface area contributed by atoms with Gasteiger partial charge in [0.25, 0.3) is 0 Å². The zero-order valence-corrected chi connectivity index (χ0v) is 15.2. The molecule has 3 amide bonds. The van der Waals surface area contributed by atoms with Gasteiger partial charge in [0.05, 0.1) is 12.1 Å². The van der Waals surface area contributed by atoms with Crippen LogP contribution in [0.25, 0.3) is 0 Å². The lowest BCUT2D eigenvalue weighted by Crippen LogP contribution is -2.36. The van der Waals surface area contributed by atoms with Crippen molar-refractivity contribution in [1.82, 2.24) is 5.32 Å². The molecule has 0 radical (unpaired) electrons. The summed E-state index contributed by atoms with van der Waals surface area (Å²) in [6, 6.07) is 6.13. The minimum atomic E-state index is -0.520. The number of hydrogen-bond donors (Lipinski definition) is 4. The molecule has 1 heterocycles. The summed E-state index contributed by atoms with van der Waals surface area (Å²) in [5.74, 6) is 0.641. The average molecular weight is 366 g/mol. The van der Waals surface area contributed by atoms with E-state index < -0.39 is 6.04 Å². The Morgan fingerprint density at radius 3 is 2.56 bits per heavy atom. The first kappa shape index (κ1) is 19.6. The number of urea groups is 1. The van der Waals surface area contributed by atoms with Gasteiger partial charge in [-0.15, -0.1) is 0 Å². The molecule has 25 heavy (non-hydrogen) atoms. The molecule has 1 aromatic rings. The van der Waals surface area contributed by atoms with Gasteiger partial charge in [0.15, 0.2) is 0 Å². The van der Waals surface area contributed by atoms with Crippen LogP contribution in [-0.2, 0) is 9.53 Å². The summed E-state index contributed by atoms with van der Waals surface area (Å²) in [5, 5.41) is 8.32. The third kappa shape index (κ3) is 6.93. The zero-order chi connectivity index (χ0) is 18.1. The molecule has 8 heteroatoms. The summed E-state index contributed by atoms with van der Waals surface area (Å²) in [6.45, 7) is 1.27. The number of ether oxygens (including phenoxy) is 1. The minimum absolute atomic E-state index is 0.110. The van der Waals surface area contributed by atoms with E-state index in [1.54, 1.807) is 36.0 Å². The van der Waals surface area contributed by atoms with E-state index in [9.17, 15) is 9.59 Å². The Bertz CT molecular complexity index is 562. The molecular weight excluding hydrogens is 340 g/mol. The maximum atomic E-state index is 12.0. The summed E-state index contributed by atoms with van der Waals surface area (Å²) in [7, 11) is 0. The van der Waals surface area contributed by atoms with Crippen LogP contribution in [0.1, 0.15) is 19.3 Å². The van der Waals surface area contributed by atoms with Crippen LogP contribution in [0.2, 0.25) is 0 Å². The number of benzene rings is 1. The number of carbonyl (C=O) groups is 2. The smallest absolute Gasteiger partial charge is 0.319 e. The predicted octanol–water partition coefficient (Wildman–Crippen LogP) is 2.01. The molecule has 0 saturated carbocycles. The van der Waals surface area contributed by atoms with Crippen LogP contribution >= 0.6 is 11.8 Å². The molecular formula is C17H26N4O3S. The van der Waals surface area contributed by atoms with Crippen molar-refractivity contribution in [2.24, 2.45) is 5.73 Å². The quantitative estimate of drug-likeness (QED) is 0.563. The van der Waals surface area contributed by atoms with Gasteiger partial charge in [-0.25, -0.2) is 4.79 Å². The molecule has 1 aliphatic heterocycles. The Balaban J connectivity index is 1.74. The van der Waals surface area contributed by atoms with Crippen LogP contribution in [0.15, 0.2) is 24.3 Å². The van der Waals surface area contributed by atoms with Crippen molar-refractivity contribution < 1.29 is 14.3 Å². The topological polar surface area (TPSA) is 105 Å². The SMILES string of the molecule is CSCC[C@H](N)C(=O)Nc1ccc(NC(=O)NCC2CCCO2)cc1. The molecule has 1 aliphatic rings. The number of carbonyl (C=O) groups excluding carboxylic acids is 2. The van der Waals surface area contributed by atoms with Crippen LogP contribution in [0.5, 0.6) is 0 Å². The zero-order valence-electron chi connectivity index (χ0n) is 14.4. The van der Waals surface area contributed by atoms with E-state index in [1.165, 1.54) is 0 Å². The Kier molecular flexibility index (Phi) is 8.03. The van der Waals surface area contributed by atoms with Crippen molar-refractivity contribution in [3.05, 3.63) is 24.3 Å². The van der Waals surface area contributed by atoms with Gasteiger partial charge < -0.3 is 26.4 Å². The van der Waals surface area contributed by atoms with Gasteiger partial charge in [0.1, 0.15) is 0 Å². The van der Waals surface area contributed by atoms with Crippen LogP contribution < -0.4 is 21.7 Å².